The van der Waals surface area contributed by atoms with Gasteiger partial charge in [-0.2, -0.15) is 0 Å². The molecule has 108 valence electrons. The van der Waals surface area contributed by atoms with Gasteiger partial charge in [0, 0.05) is 32.0 Å². The number of hydrogen-bond acceptors (Lipinski definition) is 4. The summed E-state index contributed by atoms with van der Waals surface area (Å²) in [7, 11) is 3.91. The van der Waals surface area contributed by atoms with E-state index in [-0.39, 0.29) is 11.9 Å². The maximum atomic E-state index is 11.7. The van der Waals surface area contributed by atoms with Gasteiger partial charge in [0.1, 0.15) is 11.4 Å². The number of aryl methyl sites for hydroxylation is 1. The Balaban J connectivity index is 2.69. The quantitative estimate of drug-likeness (QED) is 0.734. The first-order valence-corrected chi connectivity index (χ1v) is 6.47. The van der Waals surface area contributed by atoms with Crippen LogP contribution in [0.1, 0.15) is 26.6 Å². The number of amides is 1. The molecular formula is C13H25N5O. The first kappa shape index (κ1) is 15.7. The number of nitrogens with zero attached hydrogens (tertiary/aromatic N) is 3. The molecule has 1 amide bonds. The summed E-state index contributed by atoms with van der Waals surface area (Å²) in [6.45, 7) is 7.05. The lowest BCUT2D eigenvalue weighted by molar-refractivity contribution is -0.124. The Morgan fingerprint density at radius 1 is 1.63 bits per heavy atom. The number of nitrogens with two attached hydrogens (primary N) is 1. The zero-order chi connectivity index (χ0) is 14.6. The molecule has 0 spiro atoms. The second kappa shape index (κ2) is 6.16. The molecule has 6 heteroatoms. The number of imidazole rings is 1. The van der Waals surface area contributed by atoms with Crippen molar-refractivity contribution in [2.24, 2.45) is 12.8 Å². The summed E-state index contributed by atoms with van der Waals surface area (Å²) in [6.07, 6.45) is 3.67. The van der Waals surface area contributed by atoms with Gasteiger partial charge in [0.2, 0.25) is 5.91 Å². The Morgan fingerprint density at radius 3 is 2.68 bits per heavy atom. The molecule has 0 saturated carbocycles. The smallest absolute Gasteiger partial charge is 0.238 e. The molecule has 0 aromatic carbocycles. The van der Waals surface area contributed by atoms with Crippen LogP contribution in [0, 0.1) is 0 Å². The fourth-order valence-corrected chi connectivity index (χ4v) is 2.22. The highest BCUT2D eigenvalue weighted by Crippen LogP contribution is 2.09. The lowest BCUT2D eigenvalue weighted by Crippen LogP contribution is -2.60. The van der Waals surface area contributed by atoms with E-state index < -0.39 is 5.54 Å². The summed E-state index contributed by atoms with van der Waals surface area (Å²) in [4.78, 5) is 18.0. The zero-order valence-corrected chi connectivity index (χ0v) is 12.5. The van der Waals surface area contributed by atoms with Crippen LogP contribution in [0.25, 0.3) is 0 Å². The van der Waals surface area contributed by atoms with Crippen molar-refractivity contribution in [3.63, 3.8) is 0 Å². The Bertz CT molecular complexity index is 428. The van der Waals surface area contributed by atoms with Crippen LogP contribution in [0.5, 0.6) is 0 Å². The molecule has 0 aliphatic carbocycles. The first-order valence-electron chi connectivity index (χ1n) is 6.47. The van der Waals surface area contributed by atoms with E-state index in [1.807, 2.05) is 50.5 Å². The van der Waals surface area contributed by atoms with Crippen LogP contribution in [0.4, 0.5) is 0 Å². The number of primary amides is 1. The molecule has 0 fully saturated rings. The predicted molar refractivity (Wildman–Crippen MR) is 75.4 cm³/mol. The molecule has 19 heavy (non-hydrogen) atoms. The van der Waals surface area contributed by atoms with Crippen molar-refractivity contribution >= 4 is 5.91 Å². The number of aromatic nitrogens is 2. The second-order valence-electron chi connectivity index (χ2n) is 5.62. The van der Waals surface area contributed by atoms with Gasteiger partial charge >= 0.3 is 0 Å². The fourth-order valence-electron chi connectivity index (χ4n) is 2.22. The molecule has 0 aliphatic heterocycles. The van der Waals surface area contributed by atoms with Gasteiger partial charge in [-0.1, -0.05) is 0 Å². The summed E-state index contributed by atoms with van der Waals surface area (Å²) in [5, 5.41) is 3.24. The number of carbonyl (C=O) groups is 1. The van der Waals surface area contributed by atoms with E-state index in [0.29, 0.717) is 13.1 Å². The minimum atomic E-state index is -0.742. The minimum absolute atomic E-state index is 0.194. The summed E-state index contributed by atoms with van der Waals surface area (Å²) < 4.78 is 1.97. The molecule has 0 aliphatic rings. The standard InChI is InChI=1S/C13H25N5O/c1-10(2)16-13(3,12(14)19)9-17(4)8-11-15-6-7-18(11)5/h6-7,10,16H,8-9H2,1-5H3,(H2,14,19). The largest absolute Gasteiger partial charge is 0.368 e. The molecule has 0 saturated heterocycles. The van der Waals surface area contributed by atoms with Crippen molar-refractivity contribution in [2.45, 2.75) is 38.9 Å². The van der Waals surface area contributed by atoms with E-state index in [2.05, 4.69) is 10.3 Å². The van der Waals surface area contributed by atoms with Crippen molar-refractivity contribution < 1.29 is 4.79 Å². The van der Waals surface area contributed by atoms with Crippen LogP contribution < -0.4 is 11.1 Å². The van der Waals surface area contributed by atoms with Gasteiger partial charge in [-0.3, -0.25) is 9.69 Å². The summed E-state index contributed by atoms with van der Waals surface area (Å²) in [6, 6.07) is 0.194. The number of rotatable bonds is 7. The van der Waals surface area contributed by atoms with E-state index in [0.717, 1.165) is 5.82 Å². The molecular weight excluding hydrogens is 242 g/mol. The Hall–Kier alpha value is -1.40. The van der Waals surface area contributed by atoms with Gasteiger partial charge in [-0.25, -0.2) is 4.98 Å². The lowest BCUT2D eigenvalue weighted by Gasteiger charge is -2.33. The Kier molecular flexibility index (Phi) is 5.08. The normalized spacial score (nSPS) is 14.9. The van der Waals surface area contributed by atoms with Crippen LogP contribution in [-0.4, -0.2) is 45.5 Å². The molecule has 1 unspecified atom stereocenters. The van der Waals surface area contributed by atoms with Gasteiger partial charge < -0.3 is 15.6 Å². The van der Waals surface area contributed by atoms with Crippen molar-refractivity contribution in [3.05, 3.63) is 18.2 Å². The van der Waals surface area contributed by atoms with Crippen molar-refractivity contribution in [1.29, 1.82) is 0 Å². The van der Waals surface area contributed by atoms with Gasteiger partial charge in [0.15, 0.2) is 0 Å². The highest BCUT2D eigenvalue weighted by atomic mass is 16.1. The topological polar surface area (TPSA) is 76.2 Å². The maximum absolute atomic E-state index is 11.7. The number of likely N-dealkylation sites (N-methyl/N-ethyl adjacent to an activating group) is 1. The van der Waals surface area contributed by atoms with Crippen LogP contribution in [-0.2, 0) is 18.4 Å². The van der Waals surface area contributed by atoms with Gasteiger partial charge in [0.25, 0.3) is 0 Å². The predicted octanol–water partition coefficient (Wildman–Crippen LogP) is 0.0939. The summed E-state index contributed by atoms with van der Waals surface area (Å²) >= 11 is 0. The molecule has 1 aromatic heterocycles. The van der Waals surface area contributed by atoms with E-state index in [1.54, 1.807) is 6.20 Å². The first-order chi connectivity index (χ1) is 8.74. The third-order valence-corrected chi connectivity index (χ3v) is 3.07. The molecule has 1 heterocycles. The molecule has 6 nitrogen and oxygen atoms in total. The van der Waals surface area contributed by atoms with Crippen LogP contribution >= 0.6 is 0 Å². The highest BCUT2D eigenvalue weighted by molar-refractivity contribution is 5.84. The molecule has 0 bridgehead atoms. The van der Waals surface area contributed by atoms with Crippen molar-refractivity contribution in [2.75, 3.05) is 13.6 Å². The van der Waals surface area contributed by atoms with E-state index in [4.69, 9.17) is 5.73 Å². The van der Waals surface area contributed by atoms with Gasteiger partial charge in [-0.05, 0) is 27.8 Å². The monoisotopic (exact) mass is 267 g/mol. The van der Waals surface area contributed by atoms with E-state index >= 15 is 0 Å². The van der Waals surface area contributed by atoms with Gasteiger partial charge in [0.05, 0.1) is 6.54 Å². The van der Waals surface area contributed by atoms with Crippen LogP contribution in [0.2, 0.25) is 0 Å². The molecule has 1 atom stereocenters. The summed E-state index contributed by atoms with van der Waals surface area (Å²) in [5.74, 6) is 0.617. The van der Waals surface area contributed by atoms with E-state index in [1.165, 1.54) is 0 Å². The number of carbonyl (C=O) groups excluding carboxylic acids is 1. The molecule has 1 aromatic rings. The SMILES string of the molecule is CC(C)NC(C)(CN(C)Cc1nccn1C)C(N)=O. The Morgan fingerprint density at radius 2 is 2.26 bits per heavy atom. The molecule has 1 rings (SSSR count). The Labute approximate surface area is 115 Å². The maximum Gasteiger partial charge on any atom is 0.238 e. The number of hydrogen-bond donors (Lipinski definition) is 2. The van der Waals surface area contributed by atoms with Gasteiger partial charge in [-0.15, -0.1) is 0 Å². The summed E-state index contributed by atoms with van der Waals surface area (Å²) in [5.41, 5.74) is 4.78. The minimum Gasteiger partial charge on any atom is -0.368 e. The third kappa shape index (κ3) is 4.33. The average Bonchev–Trinajstić information content (AvgIpc) is 2.62. The molecule has 3 N–H and O–H groups in total. The lowest BCUT2D eigenvalue weighted by atomic mass is 9.99. The van der Waals surface area contributed by atoms with E-state index in [9.17, 15) is 4.79 Å². The van der Waals surface area contributed by atoms with Crippen LogP contribution in [0.3, 0.4) is 0 Å². The van der Waals surface area contributed by atoms with Crippen molar-refractivity contribution in [3.8, 4) is 0 Å². The number of nitrogens with one attached hydrogen (secondary N) is 1. The molecule has 0 radical (unpaired) electrons. The highest BCUT2D eigenvalue weighted by Gasteiger charge is 2.32. The third-order valence-electron chi connectivity index (χ3n) is 3.07. The van der Waals surface area contributed by atoms with Crippen molar-refractivity contribution in [1.82, 2.24) is 19.8 Å². The average molecular weight is 267 g/mol. The zero-order valence-electron chi connectivity index (χ0n) is 12.5. The second-order valence-corrected chi connectivity index (χ2v) is 5.62. The van der Waals surface area contributed by atoms with Crippen LogP contribution in [0.15, 0.2) is 12.4 Å². The fraction of sp³-hybridized carbons (Fsp3) is 0.692.